The third-order valence-electron chi connectivity index (χ3n) is 4.56. The molecule has 1 aliphatic heterocycles. The molecule has 0 spiro atoms. The molecule has 2 atom stereocenters. The summed E-state index contributed by atoms with van der Waals surface area (Å²) in [5, 5.41) is 8.47. The van der Waals surface area contributed by atoms with E-state index in [1.54, 1.807) is 17.1 Å². The van der Waals surface area contributed by atoms with Gasteiger partial charge in [0.15, 0.2) is 0 Å². The fourth-order valence-electron chi connectivity index (χ4n) is 3.40. The molecule has 8 nitrogen and oxygen atoms in total. The minimum Gasteiger partial charge on any atom is -0.372 e. The molecule has 1 N–H and O–H groups in total. The topological polar surface area (TPSA) is 85.2 Å². The van der Waals surface area contributed by atoms with E-state index < -0.39 is 0 Å². The molecule has 1 aromatic carbocycles. The second-order valence-corrected chi connectivity index (χ2v) is 7.91. The van der Waals surface area contributed by atoms with Crippen molar-refractivity contribution >= 4 is 44.2 Å². The summed E-state index contributed by atoms with van der Waals surface area (Å²) in [5.74, 6) is 0.723. The number of anilines is 2. The van der Waals surface area contributed by atoms with E-state index in [1.807, 2.05) is 36.9 Å². The zero-order valence-corrected chi connectivity index (χ0v) is 17.3. The van der Waals surface area contributed by atoms with Gasteiger partial charge in [-0.3, -0.25) is 9.48 Å². The maximum absolute atomic E-state index is 12.6. The van der Waals surface area contributed by atoms with Gasteiger partial charge in [-0.05, 0) is 32.0 Å². The predicted octanol–water partition coefficient (Wildman–Crippen LogP) is 2.97. The van der Waals surface area contributed by atoms with Crippen molar-refractivity contribution in [1.29, 1.82) is 0 Å². The van der Waals surface area contributed by atoms with Crippen LogP contribution in [0.4, 0.5) is 11.5 Å². The largest absolute Gasteiger partial charge is 0.372 e. The Labute approximate surface area is 171 Å². The fourth-order valence-corrected chi connectivity index (χ4v) is 3.76. The molecule has 1 aliphatic rings. The van der Waals surface area contributed by atoms with Gasteiger partial charge < -0.3 is 15.0 Å². The molecule has 146 valence electrons. The van der Waals surface area contributed by atoms with E-state index in [2.05, 4.69) is 36.3 Å². The van der Waals surface area contributed by atoms with Crippen LogP contribution in [0.15, 0.2) is 41.4 Å². The molecule has 0 bridgehead atoms. The first-order valence-electron chi connectivity index (χ1n) is 9.11. The number of ether oxygens (including phenoxy) is 1. The first-order chi connectivity index (χ1) is 13.5. The average Bonchev–Trinajstić information content (AvgIpc) is 3.08. The lowest BCUT2D eigenvalue weighted by molar-refractivity contribution is -0.144. The van der Waals surface area contributed by atoms with Crippen LogP contribution in [0.3, 0.4) is 0 Å². The van der Waals surface area contributed by atoms with Gasteiger partial charge in [0.05, 0.1) is 29.6 Å². The third kappa shape index (κ3) is 4.15. The van der Waals surface area contributed by atoms with E-state index in [1.165, 1.54) is 6.33 Å². The highest BCUT2D eigenvalue weighted by atomic mass is 79.9. The van der Waals surface area contributed by atoms with Crippen LogP contribution in [-0.2, 0) is 16.1 Å². The zero-order valence-electron chi connectivity index (χ0n) is 15.7. The number of nitrogens with zero attached hydrogens (tertiary/aromatic N) is 5. The summed E-state index contributed by atoms with van der Waals surface area (Å²) in [6, 6.07) is 5.83. The second-order valence-electron chi connectivity index (χ2n) is 6.99. The summed E-state index contributed by atoms with van der Waals surface area (Å²) in [7, 11) is 0. The molecule has 0 radical (unpaired) electrons. The lowest BCUT2D eigenvalue weighted by Crippen LogP contribution is -2.49. The van der Waals surface area contributed by atoms with Gasteiger partial charge >= 0.3 is 0 Å². The SMILES string of the molecule is CC1CN(C(=O)Cn2cc(Nc3ncnc4ccc(Br)cc34)cn2)CC(C)O1. The summed E-state index contributed by atoms with van der Waals surface area (Å²) in [4.78, 5) is 23.1. The van der Waals surface area contributed by atoms with Crippen LogP contribution in [-0.4, -0.2) is 55.9 Å². The normalized spacial score (nSPS) is 19.8. The van der Waals surface area contributed by atoms with E-state index in [0.29, 0.717) is 18.9 Å². The van der Waals surface area contributed by atoms with Gasteiger partial charge in [-0.15, -0.1) is 0 Å². The van der Waals surface area contributed by atoms with Crippen molar-refractivity contribution in [3.63, 3.8) is 0 Å². The van der Waals surface area contributed by atoms with Crippen molar-refractivity contribution in [3.05, 3.63) is 41.4 Å². The summed E-state index contributed by atoms with van der Waals surface area (Å²) >= 11 is 3.48. The average molecular weight is 445 g/mol. The molecule has 1 amide bonds. The molecular weight excluding hydrogens is 424 g/mol. The number of aromatic nitrogens is 4. The van der Waals surface area contributed by atoms with Gasteiger partial charge in [0, 0.05) is 29.1 Å². The number of halogens is 1. The Morgan fingerprint density at radius 1 is 1.29 bits per heavy atom. The van der Waals surface area contributed by atoms with Crippen molar-refractivity contribution < 1.29 is 9.53 Å². The van der Waals surface area contributed by atoms with Gasteiger partial charge in [-0.1, -0.05) is 15.9 Å². The number of carbonyl (C=O) groups is 1. The van der Waals surface area contributed by atoms with Crippen LogP contribution < -0.4 is 5.32 Å². The Bertz CT molecular complexity index is 997. The van der Waals surface area contributed by atoms with Crippen LogP contribution in [0.1, 0.15) is 13.8 Å². The van der Waals surface area contributed by atoms with E-state index >= 15 is 0 Å². The predicted molar refractivity (Wildman–Crippen MR) is 109 cm³/mol. The van der Waals surface area contributed by atoms with E-state index in [0.717, 1.165) is 21.1 Å². The number of morpholine rings is 1. The monoisotopic (exact) mass is 444 g/mol. The minimum atomic E-state index is 0.0352. The summed E-state index contributed by atoms with van der Waals surface area (Å²) in [6.07, 6.45) is 5.11. The van der Waals surface area contributed by atoms with Crippen molar-refractivity contribution in [2.75, 3.05) is 18.4 Å². The van der Waals surface area contributed by atoms with Crippen LogP contribution in [0, 0.1) is 0 Å². The summed E-state index contributed by atoms with van der Waals surface area (Å²) < 4.78 is 8.27. The minimum absolute atomic E-state index is 0.0352. The molecule has 2 unspecified atom stereocenters. The van der Waals surface area contributed by atoms with Crippen molar-refractivity contribution in [2.24, 2.45) is 0 Å². The molecule has 9 heteroatoms. The zero-order chi connectivity index (χ0) is 19.7. The lowest BCUT2D eigenvalue weighted by atomic mass is 10.2. The molecule has 28 heavy (non-hydrogen) atoms. The quantitative estimate of drug-likeness (QED) is 0.665. The third-order valence-corrected chi connectivity index (χ3v) is 5.06. The number of hydrogen-bond acceptors (Lipinski definition) is 6. The Hall–Kier alpha value is -2.52. The standard InChI is InChI=1S/C19H21BrN6O2/c1-12-7-25(8-13(2)28-12)18(27)10-26-9-15(6-23-26)24-19-16-5-14(20)3-4-17(16)21-11-22-19/h3-6,9,11-13H,7-8,10H2,1-2H3,(H,21,22,24). The van der Waals surface area contributed by atoms with Crippen LogP contribution >= 0.6 is 15.9 Å². The number of fused-ring (bicyclic) bond motifs is 1. The summed E-state index contributed by atoms with van der Waals surface area (Å²) in [6.45, 7) is 5.37. The molecule has 0 aliphatic carbocycles. The highest BCUT2D eigenvalue weighted by molar-refractivity contribution is 9.10. The van der Waals surface area contributed by atoms with E-state index in [4.69, 9.17) is 4.74 Å². The van der Waals surface area contributed by atoms with Crippen LogP contribution in [0.25, 0.3) is 10.9 Å². The fraction of sp³-hybridized carbons (Fsp3) is 0.368. The lowest BCUT2D eigenvalue weighted by Gasteiger charge is -2.35. The maximum Gasteiger partial charge on any atom is 0.244 e. The molecular formula is C19H21BrN6O2. The first-order valence-corrected chi connectivity index (χ1v) is 9.90. The Morgan fingerprint density at radius 2 is 2.07 bits per heavy atom. The number of nitrogens with one attached hydrogen (secondary N) is 1. The second kappa shape index (κ2) is 7.84. The van der Waals surface area contributed by atoms with Crippen molar-refractivity contribution in [2.45, 2.75) is 32.6 Å². The molecule has 4 rings (SSSR count). The molecule has 3 aromatic rings. The Balaban J connectivity index is 1.46. The maximum atomic E-state index is 12.6. The number of benzene rings is 1. The van der Waals surface area contributed by atoms with Gasteiger partial charge in [0.1, 0.15) is 18.7 Å². The number of amides is 1. The highest BCUT2D eigenvalue weighted by Crippen LogP contribution is 2.25. The van der Waals surface area contributed by atoms with E-state index in [9.17, 15) is 4.79 Å². The van der Waals surface area contributed by atoms with Gasteiger partial charge in [-0.25, -0.2) is 9.97 Å². The van der Waals surface area contributed by atoms with Crippen molar-refractivity contribution in [1.82, 2.24) is 24.6 Å². The Kier molecular flexibility index (Phi) is 5.27. The van der Waals surface area contributed by atoms with Gasteiger partial charge in [0.2, 0.25) is 5.91 Å². The smallest absolute Gasteiger partial charge is 0.244 e. The molecule has 2 aromatic heterocycles. The molecule has 1 fully saturated rings. The summed E-state index contributed by atoms with van der Waals surface area (Å²) in [5.41, 5.74) is 1.61. The van der Waals surface area contributed by atoms with Gasteiger partial charge in [-0.2, -0.15) is 5.10 Å². The van der Waals surface area contributed by atoms with E-state index in [-0.39, 0.29) is 24.7 Å². The molecule has 0 saturated carbocycles. The van der Waals surface area contributed by atoms with Gasteiger partial charge in [0.25, 0.3) is 0 Å². The number of carbonyl (C=O) groups excluding carboxylic acids is 1. The van der Waals surface area contributed by atoms with Crippen molar-refractivity contribution in [3.8, 4) is 0 Å². The molecule has 3 heterocycles. The number of rotatable bonds is 4. The number of hydrogen-bond donors (Lipinski definition) is 1. The Morgan fingerprint density at radius 3 is 2.86 bits per heavy atom. The highest BCUT2D eigenvalue weighted by Gasteiger charge is 2.26. The first kappa shape index (κ1) is 18.8. The van der Waals surface area contributed by atoms with Crippen LogP contribution in [0.2, 0.25) is 0 Å². The van der Waals surface area contributed by atoms with Crippen LogP contribution in [0.5, 0.6) is 0 Å². The molecule has 1 saturated heterocycles.